The molecule has 0 bridgehead atoms. The van der Waals surface area contributed by atoms with Gasteiger partial charge in [0.15, 0.2) is 0 Å². The van der Waals surface area contributed by atoms with Crippen molar-refractivity contribution in [2.45, 2.75) is 26.2 Å². The van der Waals surface area contributed by atoms with Gasteiger partial charge in [0.05, 0.1) is 13.2 Å². The maximum atomic E-state index is 6.06. The summed E-state index contributed by atoms with van der Waals surface area (Å²) in [6, 6.07) is 0. The van der Waals surface area contributed by atoms with E-state index in [1.807, 2.05) is 0 Å². The fraction of sp³-hybridized carbons (Fsp3) is 0.800. The Balaban J connectivity index is 2.15. The van der Waals surface area contributed by atoms with Crippen LogP contribution in [0.25, 0.3) is 0 Å². The topological polar surface area (TPSA) is 12.5 Å². The maximum absolute atomic E-state index is 6.06. The van der Waals surface area contributed by atoms with Crippen LogP contribution in [-0.2, 0) is 4.74 Å². The molecule has 1 saturated heterocycles. The first-order valence-corrected chi connectivity index (χ1v) is 6.38. The molecule has 0 aromatic carbocycles. The number of rotatable bonds is 5. The van der Waals surface area contributed by atoms with Crippen molar-refractivity contribution >= 4 is 23.5 Å². The molecule has 0 N–H and O–H groups in total. The van der Waals surface area contributed by atoms with Crippen LogP contribution in [0.2, 0.25) is 0 Å². The normalized spacial score (nSPS) is 20.0. The van der Waals surface area contributed by atoms with E-state index in [0.717, 1.165) is 37.8 Å². The Bertz CT molecular complexity index is 181. The number of hydrogen-bond acceptors (Lipinski definition) is 3. The molecule has 0 saturated carbocycles. The molecule has 1 aliphatic rings. The zero-order valence-electron chi connectivity index (χ0n) is 8.67. The average Bonchev–Trinajstić information content (AvgIpc) is 2.25. The van der Waals surface area contributed by atoms with Crippen molar-refractivity contribution in [2.75, 3.05) is 26.3 Å². The summed E-state index contributed by atoms with van der Waals surface area (Å²) in [5.41, 5.74) is 0. The highest BCUT2D eigenvalue weighted by Gasteiger charge is 2.09. The Hall–Kier alpha value is 0.300. The predicted octanol–water partition coefficient (Wildman–Crippen LogP) is 3.24. The van der Waals surface area contributed by atoms with Crippen LogP contribution in [0.1, 0.15) is 26.2 Å². The van der Waals surface area contributed by atoms with Crippen LogP contribution in [0.3, 0.4) is 0 Å². The summed E-state index contributed by atoms with van der Waals surface area (Å²) >= 11 is 7.78. The predicted molar refractivity (Wildman–Crippen MR) is 63.4 cm³/mol. The van der Waals surface area contributed by atoms with Gasteiger partial charge in [-0.1, -0.05) is 24.9 Å². The molecule has 1 fully saturated rings. The summed E-state index contributed by atoms with van der Waals surface area (Å²) in [4.78, 5) is 0. The lowest BCUT2D eigenvalue weighted by Gasteiger charge is -2.23. The fourth-order valence-corrected chi connectivity index (χ4v) is 2.18. The summed E-state index contributed by atoms with van der Waals surface area (Å²) < 4.78 is 7.55. The Labute approximate surface area is 95.8 Å². The van der Waals surface area contributed by atoms with Gasteiger partial charge in [-0.3, -0.25) is 0 Å². The first-order chi connectivity index (χ1) is 6.83. The summed E-state index contributed by atoms with van der Waals surface area (Å²) in [6.45, 7) is 5.86. The van der Waals surface area contributed by atoms with Crippen molar-refractivity contribution in [1.29, 1.82) is 0 Å². The van der Waals surface area contributed by atoms with Gasteiger partial charge in [0, 0.05) is 23.5 Å². The van der Waals surface area contributed by atoms with Crippen LogP contribution in [0, 0.1) is 0 Å². The zero-order chi connectivity index (χ0) is 10.2. The lowest BCUT2D eigenvalue weighted by atomic mass is 10.2. The van der Waals surface area contributed by atoms with Gasteiger partial charge in [0.2, 0.25) is 0 Å². The van der Waals surface area contributed by atoms with Crippen molar-refractivity contribution in [3.63, 3.8) is 0 Å². The molecule has 0 spiro atoms. The molecule has 1 rings (SSSR count). The number of nitrogens with zero attached hydrogens (tertiary/aromatic N) is 1. The number of allylic oxidation sites excluding steroid dienone is 1. The summed E-state index contributed by atoms with van der Waals surface area (Å²) in [6.07, 6.45) is 3.39. The highest BCUT2D eigenvalue weighted by atomic mass is 35.5. The minimum absolute atomic E-state index is 0.841. The molecule has 0 aromatic heterocycles. The van der Waals surface area contributed by atoms with Crippen molar-refractivity contribution in [3.8, 4) is 0 Å². The molecule has 0 amide bonds. The van der Waals surface area contributed by atoms with Crippen LogP contribution < -0.4 is 0 Å². The van der Waals surface area contributed by atoms with Crippen molar-refractivity contribution < 1.29 is 4.74 Å². The monoisotopic (exact) mass is 235 g/mol. The summed E-state index contributed by atoms with van der Waals surface area (Å²) in [7, 11) is 0. The second-order valence-electron chi connectivity index (χ2n) is 3.32. The molecule has 0 radical (unpaired) electrons. The largest absolute Gasteiger partial charge is 0.379 e. The summed E-state index contributed by atoms with van der Waals surface area (Å²) in [5.74, 6) is 0. The lowest BCUT2D eigenvalue weighted by molar-refractivity contribution is 0.0776. The second-order valence-corrected chi connectivity index (χ2v) is 4.76. The van der Waals surface area contributed by atoms with Crippen molar-refractivity contribution in [1.82, 2.24) is 4.31 Å². The second kappa shape index (κ2) is 7.57. The molecule has 0 aromatic rings. The van der Waals surface area contributed by atoms with E-state index < -0.39 is 0 Å². The van der Waals surface area contributed by atoms with Crippen molar-refractivity contribution in [3.05, 3.63) is 10.4 Å². The number of morpholine rings is 1. The number of unbranched alkanes of at least 4 members (excludes halogenated alkanes) is 1. The van der Waals surface area contributed by atoms with E-state index in [2.05, 4.69) is 16.6 Å². The molecule has 1 aliphatic heterocycles. The smallest absolute Gasteiger partial charge is 0.0603 e. The number of ether oxygens (including phenoxy) is 1. The maximum Gasteiger partial charge on any atom is 0.0603 e. The standard InChI is InChI=1S/C10H18ClNOS/c1-2-3-4-10(11)9-14-12-5-7-13-8-6-12/h9H,2-8H2,1H3/b10-9+. The highest BCUT2D eigenvalue weighted by Crippen LogP contribution is 2.20. The van der Waals surface area contributed by atoms with E-state index in [1.54, 1.807) is 11.9 Å². The summed E-state index contributed by atoms with van der Waals surface area (Å²) in [5, 5.41) is 3.03. The molecular formula is C10H18ClNOS. The van der Waals surface area contributed by atoms with Gasteiger partial charge in [-0.15, -0.1) is 0 Å². The first kappa shape index (κ1) is 12.4. The van der Waals surface area contributed by atoms with E-state index >= 15 is 0 Å². The van der Waals surface area contributed by atoms with Gasteiger partial charge in [0.25, 0.3) is 0 Å². The number of halogens is 1. The molecule has 4 heteroatoms. The minimum Gasteiger partial charge on any atom is -0.379 e. The van der Waals surface area contributed by atoms with Crippen LogP contribution >= 0.6 is 23.5 Å². The Morgan fingerprint density at radius 2 is 2.21 bits per heavy atom. The van der Waals surface area contributed by atoms with Gasteiger partial charge in [-0.2, -0.15) is 0 Å². The van der Waals surface area contributed by atoms with Gasteiger partial charge in [-0.05, 0) is 24.8 Å². The van der Waals surface area contributed by atoms with Gasteiger partial charge < -0.3 is 4.74 Å². The van der Waals surface area contributed by atoms with Crippen molar-refractivity contribution in [2.24, 2.45) is 0 Å². The third kappa shape index (κ3) is 5.25. The third-order valence-corrected chi connectivity index (χ3v) is 3.55. The SMILES string of the molecule is CCCC/C(Cl)=C\SN1CCOCC1. The Kier molecular flexibility index (Phi) is 6.69. The van der Waals surface area contributed by atoms with E-state index in [4.69, 9.17) is 16.3 Å². The molecule has 82 valence electrons. The highest BCUT2D eigenvalue weighted by molar-refractivity contribution is 7.99. The average molecular weight is 236 g/mol. The van der Waals surface area contributed by atoms with Gasteiger partial charge in [-0.25, -0.2) is 4.31 Å². The van der Waals surface area contributed by atoms with E-state index in [0.29, 0.717) is 0 Å². The lowest BCUT2D eigenvalue weighted by Crippen LogP contribution is -2.30. The minimum atomic E-state index is 0.841. The quantitative estimate of drug-likeness (QED) is 0.679. The molecule has 0 atom stereocenters. The molecular weight excluding hydrogens is 218 g/mol. The van der Waals surface area contributed by atoms with Crippen LogP contribution in [0.4, 0.5) is 0 Å². The zero-order valence-corrected chi connectivity index (χ0v) is 10.2. The number of hydrogen-bond donors (Lipinski definition) is 0. The molecule has 2 nitrogen and oxygen atoms in total. The first-order valence-electron chi connectivity index (χ1n) is 5.17. The Morgan fingerprint density at radius 3 is 2.86 bits per heavy atom. The van der Waals surface area contributed by atoms with Crippen LogP contribution in [-0.4, -0.2) is 30.6 Å². The van der Waals surface area contributed by atoms with Gasteiger partial charge >= 0.3 is 0 Å². The van der Waals surface area contributed by atoms with Crippen LogP contribution in [0.15, 0.2) is 10.4 Å². The fourth-order valence-electron chi connectivity index (χ4n) is 1.19. The third-order valence-electron chi connectivity index (χ3n) is 2.07. The molecule has 1 heterocycles. The van der Waals surface area contributed by atoms with Crippen LogP contribution in [0.5, 0.6) is 0 Å². The van der Waals surface area contributed by atoms with E-state index in [-0.39, 0.29) is 0 Å². The Morgan fingerprint density at radius 1 is 1.50 bits per heavy atom. The van der Waals surface area contributed by atoms with Gasteiger partial charge in [0.1, 0.15) is 0 Å². The van der Waals surface area contributed by atoms with E-state index in [9.17, 15) is 0 Å². The molecule has 14 heavy (non-hydrogen) atoms. The van der Waals surface area contributed by atoms with E-state index in [1.165, 1.54) is 12.8 Å². The molecule has 0 unspecified atom stereocenters. The molecule has 0 aliphatic carbocycles.